The Balaban J connectivity index is 1.51. The van der Waals surface area contributed by atoms with E-state index in [-0.39, 0.29) is 12.1 Å². The topological polar surface area (TPSA) is 88.2 Å². The van der Waals surface area contributed by atoms with Crippen LogP contribution in [-0.4, -0.2) is 51.2 Å². The van der Waals surface area contributed by atoms with E-state index in [4.69, 9.17) is 4.52 Å². The number of halogens is 1. The van der Waals surface area contributed by atoms with Crippen molar-refractivity contribution < 1.29 is 13.7 Å². The molecule has 2 amide bonds. The van der Waals surface area contributed by atoms with Gasteiger partial charge in [-0.2, -0.15) is 5.10 Å². The summed E-state index contributed by atoms with van der Waals surface area (Å²) in [6.07, 6.45) is 1.22. The van der Waals surface area contributed by atoms with Crippen molar-refractivity contribution in [3.8, 4) is 0 Å². The van der Waals surface area contributed by atoms with Crippen molar-refractivity contribution in [2.45, 2.75) is 32.1 Å². The Morgan fingerprint density at radius 3 is 3.04 bits per heavy atom. The van der Waals surface area contributed by atoms with Crippen LogP contribution in [0.5, 0.6) is 0 Å². The number of aromatic nitrogens is 3. The van der Waals surface area contributed by atoms with Gasteiger partial charge in [-0.25, -0.2) is 9.18 Å². The number of anilines is 1. The maximum atomic E-state index is 13.8. The quantitative estimate of drug-likeness (QED) is 0.863. The van der Waals surface area contributed by atoms with E-state index in [0.29, 0.717) is 37.6 Å². The van der Waals surface area contributed by atoms with Crippen LogP contribution in [0.3, 0.4) is 0 Å². The van der Waals surface area contributed by atoms with Crippen molar-refractivity contribution in [1.82, 2.24) is 25.2 Å². The van der Waals surface area contributed by atoms with Crippen molar-refractivity contribution in [2.24, 2.45) is 7.05 Å². The molecule has 2 atom stereocenters. The second-order valence-electron chi connectivity index (χ2n) is 6.06. The normalized spacial score (nSPS) is 21.1. The molecule has 1 fully saturated rings. The van der Waals surface area contributed by atoms with Gasteiger partial charge < -0.3 is 9.84 Å². The number of rotatable bonds is 5. The first kappa shape index (κ1) is 16.4. The fourth-order valence-electron chi connectivity index (χ4n) is 2.87. The Morgan fingerprint density at radius 2 is 2.38 bits per heavy atom. The summed E-state index contributed by atoms with van der Waals surface area (Å²) in [5.41, 5.74) is 0.797. The third-order valence-electron chi connectivity index (χ3n) is 3.97. The number of urea groups is 1. The summed E-state index contributed by atoms with van der Waals surface area (Å²) < 4.78 is 20.6. The molecule has 1 aliphatic heterocycles. The van der Waals surface area contributed by atoms with Gasteiger partial charge in [-0.3, -0.25) is 14.9 Å². The van der Waals surface area contributed by atoms with Crippen LogP contribution in [0.1, 0.15) is 17.9 Å². The molecule has 0 spiro atoms. The van der Waals surface area contributed by atoms with Crippen LogP contribution in [0, 0.1) is 6.92 Å². The highest BCUT2D eigenvalue weighted by Crippen LogP contribution is 2.22. The largest absolute Gasteiger partial charge is 0.360 e. The number of likely N-dealkylation sites (tertiary alicyclic amines) is 1. The van der Waals surface area contributed by atoms with Crippen LogP contribution in [-0.2, 0) is 13.6 Å². The number of hydrogen-bond donors (Lipinski definition) is 2. The van der Waals surface area contributed by atoms with Gasteiger partial charge in [0.25, 0.3) is 0 Å². The minimum atomic E-state index is -0.903. The maximum Gasteiger partial charge on any atom is 0.320 e. The first-order chi connectivity index (χ1) is 11.5. The predicted octanol–water partition coefficient (Wildman–Crippen LogP) is 1.45. The lowest BCUT2D eigenvalue weighted by Gasteiger charge is -2.22. The van der Waals surface area contributed by atoms with E-state index in [9.17, 15) is 9.18 Å². The summed E-state index contributed by atoms with van der Waals surface area (Å²) in [4.78, 5) is 13.9. The van der Waals surface area contributed by atoms with E-state index in [1.807, 2.05) is 17.9 Å². The van der Waals surface area contributed by atoms with Gasteiger partial charge in [0.2, 0.25) is 0 Å². The summed E-state index contributed by atoms with van der Waals surface area (Å²) in [5.74, 6) is 1.17. The number of nitrogens with zero attached hydrogens (tertiary/aromatic N) is 4. The molecule has 0 aromatic carbocycles. The summed E-state index contributed by atoms with van der Waals surface area (Å²) in [6.45, 7) is 3.01. The zero-order chi connectivity index (χ0) is 17.1. The standard InChI is InChI=1S/C15H21FN6O2/c1-10-5-13(24-20-10)9-22-8-11(16)6-12(22)7-17-15(23)18-14-3-4-21(2)19-14/h3-5,11-12H,6-9H2,1-2H3,(H2,17,18,19,23)/t11-,12-/m0/s1. The molecule has 0 bridgehead atoms. The highest BCUT2D eigenvalue weighted by atomic mass is 19.1. The molecule has 0 aliphatic carbocycles. The smallest absolute Gasteiger partial charge is 0.320 e. The van der Waals surface area contributed by atoms with Gasteiger partial charge in [0, 0.05) is 44.5 Å². The Morgan fingerprint density at radius 1 is 1.54 bits per heavy atom. The lowest BCUT2D eigenvalue weighted by molar-refractivity contribution is 0.203. The van der Waals surface area contributed by atoms with Crippen LogP contribution < -0.4 is 10.6 Å². The van der Waals surface area contributed by atoms with Crippen LogP contribution in [0.4, 0.5) is 15.0 Å². The number of amides is 2. The van der Waals surface area contributed by atoms with Gasteiger partial charge in [-0.1, -0.05) is 5.16 Å². The summed E-state index contributed by atoms with van der Waals surface area (Å²) in [7, 11) is 1.77. The van der Waals surface area contributed by atoms with Crippen LogP contribution >= 0.6 is 0 Å². The molecule has 0 radical (unpaired) electrons. The first-order valence-corrected chi connectivity index (χ1v) is 7.84. The van der Waals surface area contributed by atoms with Crippen molar-refractivity contribution >= 4 is 11.8 Å². The molecule has 0 saturated carbocycles. The molecule has 24 heavy (non-hydrogen) atoms. The van der Waals surface area contributed by atoms with Gasteiger partial charge in [-0.15, -0.1) is 0 Å². The van der Waals surface area contributed by atoms with E-state index in [1.165, 1.54) is 0 Å². The summed E-state index contributed by atoms with van der Waals surface area (Å²) >= 11 is 0. The Hall–Kier alpha value is -2.42. The molecular formula is C15H21FN6O2. The Bertz CT molecular complexity index is 700. The SMILES string of the molecule is Cc1cc(CN2C[C@@H](F)C[C@H]2CNC(=O)Nc2ccn(C)n2)on1. The van der Waals surface area contributed by atoms with E-state index in [1.54, 1.807) is 24.0 Å². The van der Waals surface area contributed by atoms with Crippen LogP contribution in [0.2, 0.25) is 0 Å². The third kappa shape index (κ3) is 4.10. The van der Waals surface area contributed by atoms with E-state index < -0.39 is 6.17 Å². The average Bonchev–Trinajstić information content (AvgIpc) is 3.20. The first-order valence-electron chi connectivity index (χ1n) is 7.84. The number of carbonyl (C=O) groups excluding carboxylic acids is 1. The Kier molecular flexibility index (Phi) is 4.79. The molecule has 130 valence electrons. The van der Waals surface area contributed by atoms with E-state index in [0.717, 1.165) is 5.69 Å². The lowest BCUT2D eigenvalue weighted by Crippen LogP contribution is -2.41. The fourth-order valence-corrected chi connectivity index (χ4v) is 2.87. The zero-order valence-electron chi connectivity index (χ0n) is 13.7. The van der Waals surface area contributed by atoms with Crippen molar-refractivity contribution in [1.29, 1.82) is 0 Å². The van der Waals surface area contributed by atoms with Gasteiger partial charge in [0.15, 0.2) is 11.6 Å². The van der Waals surface area contributed by atoms with Gasteiger partial charge >= 0.3 is 6.03 Å². The monoisotopic (exact) mass is 336 g/mol. The lowest BCUT2D eigenvalue weighted by atomic mass is 10.2. The van der Waals surface area contributed by atoms with Crippen molar-refractivity contribution in [2.75, 3.05) is 18.4 Å². The van der Waals surface area contributed by atoms with Crippen molar-refractivity contribution in [3.63, 3.8) is 0 Å². The minimum Gasteiger partial charge on any atom is -0.360 e. The summed E-state index contributed by atoms with van der Waals surface area (Å²) in [5, 5.41) is 13.3. The fraction of sp³-hybridized carbons (Fsp3) is 0.533. The molecule has 1 saturated heterocycles. The molecule has 9 heteroatoms. The molecule has 0 unspecified atom stereocenters. The second kappa shape index (κ2) is 7.00. The van der Waals surface area contributed by atoms with Gasteiger partial charge in [0.05, 0.1) is 12.2 Å². The number of nitrogens with one attached hydrogen (secondary N) is 2. The van der Waals surface area contributed by atoms with Crippen LogP contribution in [0.25, 0.3) is 0 Å². The minimum absolute atomic E-state index is 0.0834. The molecule has 2 aromatic rings. The molecule has 8 nitrogen and oxygen atoms in total. The summed E-state index contributed by atoms with van der Waals surface area (Å²) in [6, 6.07) is 3.10. The van der Waals surface area contributed by atoms with E-state index in [2.05, 4.69) is 20.9 Å². The third-order valence-corrected chi connectivity index (χ3v) is 3.97. The van der Waals surface area contributed by atoms with E-state index >= 15 is 0 Å². The zero-order valence-corrected chi connectivity index (χ0v) is 13.7. The van der Waals surface area contributed by atoms with Crippen molar-refractivity contribution in [3.05, 3.63) is 29.8 Å². The number of hydrogen-bond acceptors (Lipinski definition) is 5. The number of aryl methyl sites for hydroxylation is 2. The highest BCUT2D eigenvalue weighted by molar-refractivity contribution is 5.88. The van der Waals surface area contributed by atoms with Crippen LogP contribution in [0.15, 0.2) is 22.9 Å². The molecule has 1 aliphatic rings. The van der Waals surface area contributed by atoms with Gasteiger partial charge in [0.1, 0.15) is 6.17 Å². The predicted molar refractivity (Wildman–Crippen MR) is 85.2 cm³/mol. The maximum absolute atomic E-state index is 13.8. The number of carbonyl (C=O) groups is 1. The molecule has 2 N–H and O–H groups in total. The number of alkyl halides is 1. The average molecular weight is 336 g/mol. The van der Waals surface area contributed by atoms with Gasteiger partial charge in [-0.05, 0) is 13.3 Å². The highest BCUT2D eigenvalue weighted by Gasteiger charge is 2.32. The Labute approximate surface area is 139 Å². The molecular weight excluding hydrogens is 315 g/mol. The second-order valence-corrected chi connectivity index (χ2v) is 6.06. The molecule has 3 rings (SSSR count). The molecule has 3 heterocycles. The molecule has 2 aromatic heterocycles.